The second-order valence-electron chi connectivity index (χ2n) is 5.99. The van der Waals surface area contributed by atoms with E-state index >= 15 is 0 Å². The summed E-state index contributed by atoms with van der Waals surface area (Å²) >= 11 is 0. The van der Waals surface area contributed by atoms with Gasteiger partial charge in [0.25, 0.3) is 0 Å². The van der Waals surface area contributed by atoms with E-state index in [2.05, 4.69) is 46.3 Å². The molecule has 0 aliphatic rings. The molecule has 0 amide bonds. The number of nitrogens with zero attached hydrogens (tertiary/aromatic N) is 3. The minimum absolute atomic E-state index is 0.691. The van der Waals surface area contributed by atoms with Crippen LogP contribution in [0.25, 0.3) is 0 Å². The number of aryl methyl sites for hydroxylation is 1. The number of unbranched alkanes of at least 4 members (excludes halogenated alkanes) is 1. The molecular weight excluding hydrogens is 300 g/mol. The number of benzene rings is 1. The standard InChI is InChI=1S/C19H28N4O/c1-5-6-12-23(3)18-13-15(2)21-19(22-18)20-11-10-16-8-7-9-17(14-16)24-4/h7-9,13-14H,5-6,10-12H2,1-4H3,(H,20,21,22). The third kappa shape index (κ3) is 5.41. The van der Waals surface area contributed by atoms with Gasteiger partial charge in [0.05, 0.1) is 7.11 Å². The van der Waals surface area contributed by atoms with Crippen LogP contribution in [0.4, 0.5) is 11.8 Å². The Hall–Kier alpha value is -2.30. The molecule has 24 heavy (non-hydrogen) atoms. The van der Waals surface area contributed by atoms with Crippen LogP contribution in [-0.2, 0) is 6.42 Å². The zero-order chi connectivity index (χ0) is 17.4. The van der Waals surface area contributed by atoms with Gasteiger partial charge < -0.3 is 15.0 Å². The Bertz CT molecular complexity index is 645. The summed E-state index contributed by atoms with van der Waals surface area (Å²) in [6.45, 7) is 6.00. The van der Waals surface area contributed by atoms with Gasteiger partial charge in [-0.25, -0.2) is 4.98 Å². The highest BCUT2D eigenvalue weighted by Crippen LogP contribution is 2.15. The Balaban J connectivity index is 1.95. The van der Waals surface area contributed by atoms with Crippen molar-refractivity contribution in [3.8, 4) is 5.75 Å². The van der Waals surface area contributed by atoms with Crippen molar-refractivity contribution in [2.75, 3.05) is 37.5 Å². The SMILES string of the molecule is CCCCN(C)c1cc(C)nc(NCCc2cccc(OC)c2)n1. The van der Waals surface area contributed by atoms with Crippen LogP contribution in [0.3, 0.4) is 0 Å². The molecule has 5 nitrogen and oxygen atoms in total. The van der Waals surface area contributed by atoms with Crippen molar-refractivity contribution in [3.05, 3.63) is 41.6 Å². The quantitative estimate of drug-likeness (QED) is 0.761. The van der Waals surface area contributed by atoms with Crippen LogP contribution in [0.15, 0.2) is 30.3 Å². The molecule has 0 radical (unpaired) electrons. The predicted molar refractivity (Wildman–Crippen MR) is 100 cm³/mol. The number of aromatic nitrogens is 2. The largest absolute Gasteiger partial charge is 0.497 e. The summed E-state index contributed by atoms with van der Waals surface area (Å²) < 4.78 is 5.26. The van der Waals surface area contributed by atoms with Crippen LogP contribution in [-0.4, -0.2) is 37.2 Å². The molecule has 5 heteroatoms. The molecule has 0 saturated carbocycles. The lowest BCUT2D eigenvalue weighted by Crippen LogP contribution is -2.21. The number of hydrogen-bond acceptors (Lipinski definition) is 5. The van der Waals surface area contributed by atoms with Crippen molar-refractivity contribution in [1.82, 2.24) is 9.97 Å². The zero-order valence-electron chi connectivity index (χ0n) is 15.2. The normalized spacial score (nSPS) is 10.5. The maximum atomic E-state index is 5.26. The lowest BCUT2D eigenvalue weighted by atomic mass is 10.1. The molecule has 1 heterocycles. The molecule has 0 aliphatic heterocycles. The van der Waals surface area contributed by atoms with Crippen molar-refractivity contribution < 1.29 is 4.74 Å². The first kappa shape index (κ1) is 18.0. The molecular formula is C19H28N4O. The smallest absolute Gasteiger partial charge is 0.224 e. The molecule has 0 bridgehead atoms. The van der Waals surface area contributed by atoms with Crippen molar-refractivity contribution >= 4 is 11.8 Å². The molecule has 0 saturated heterocycles. The van der Waals surface area contributed by atoms with Gasteiger partial charge in [0.2, 0.25) is 5.95 Å². The third-order valence-electron chi connectivity index (χ3n) is 3.91. The topological polar surface area (TPSA) is 50.3 Å². The Morgan fingerprint density at radius 2 is 2.04 bits per heavy atom. The molecule has 0 atom stereocenters. The van der Waals surface area contributed by atoms with Crippen molar-refractivity contribution in [2.45, 2.75) is 33.1 Å². The zero-order valence-corrected chi connectivity index (χ0v) is 15.2. The van der Waals surface area contributed by atoms with Crippen LogP contribution in [0.5, 0.6) is 5.75 Å². The number of ether oxygens (including phenoxy) is 1. The predicted octanol–water partition coefficient (Wildman–Crippen LogP) is 3.68. The number of anilines is 2. The molecule has 0 spiro atoms. The van der Waals surface area contributed by atoms with E-state index in [0.29, 0.717) is 5.95 Å². The van der Waals surface area contributed by atoms with E-state index < -0.39 is 0 Å². The summed E-state index contributed by atoms with van der Waals surface area (Å²) in [5.74, 6) is 2.55. The highest BCUT2D eigenvalue weighted by molar-refractivity contribution is 5.44. The fourth-order valence-electron chi connectivity index (χ4n) is 2.48. The van der Waals surface area contributed by atoms with Crippen LogP contribution in [0, 0.1) is 6.92 Å². The summed E-state index contributed by atoms with van der Waals surface area (Å²) in [5.41, 5.74) is 2.21. The molecule has 0 fully saturated rings. The maximum absolute atomic E-state index is 5.26. The van der Waals surface area contributed by atoms with Crippen molar-refractivity contribution in [3.63, 3.8) is 0 Å². The van der Waals surface area contributed by atoms with E-state index in [0.717, 1.165) is 43.2 Å². The highest BCUT2D eigenvalue weighted by atomic mass is 16.5. The molecule has 1 N–H and O–H groups in total. The van der Waals surface area contributed by atoms with Crippen LogP contribution in [0.1, 0.15) is 31.0 Å². The van der Waals surface area contributed by atoms with Gasteiger partial charge in [-0.05, 0) is 37.5 Å². The second-order valence-corrected chi connectivity index (χ2v) is 5.99. The lowest BCUT2D eigenvalue weighted by Gasteiger charge is -2.19. The average Bonchev–Trinajstić information content (AvgIpc) is 2.59. The number of hydrogen-bond donors (Lipinski definition) is 1. The molecule has 130 valence electrons. The highest BCUT2D eigenvalue weighted by Gasteiger charge is 2.06. The van der Waals surface area contributed by atoms with Gasteiger partial charge in [0.15, 0.2) is 0 Å². The molecule has 2 rings (SSSR count). The van der Waals surface area contributed by atoms with Gasteiger partial charge in [-0.15, -0.1) is 0 Å². The van der Waals surface area contributed by atoms with Gasteiger partial charge in [-0.1, -0.05) is 25.5 Å². The first-order chi connectivity index (χ1) is 11.6. The monoisotopic (exact) mass is 328 g/mol. The molecule has 1 aromatic carbocycles. The minimum Gasteiger partial charge on any atom is -0.497 e. The fraction of sp³-hybridized carbons (Fsp3) is 0.474. The molecule has 2 aromatic rings. The molecule has 0 unspecified atom stereocenters. The Morgan fingerprint density at radius 1 is 1.21 bits per heavy atom. The number of nitrogens with one attached hydrogen (secondary N) is 1. The van der Waals surface area contributed by atoms with Gasteiger partial charge >= 0.3 is 0 Å². The maximum Gasteiger partial charge on any atom is 0.224 e. The van der Waals surface area contributed by atoms with E-state index in [1.807, 2.05) is 25.1 Å². The van der Waals surface area contributed by atoms with Crippen molar-refractivity contribution in [2.24, 2.45) is 0 Å². The molecule has 1 aromatic heterocycles. The van der Waals surface area contributed by atoms with E-state index in [9.17, 15) is 0 Å². The molecule has 0 aliphatic carbocycles. The Labute approximate surface area is 145 Å². The summed E-state index contributed by atoms with van der Waals surface area (Å²) in [6, 6.07) is 10.2. The van der Waals surface area contributed by atoms with E-state index in [4.69, 9.17) is 4.74 Å². The fourth-order valence-corrected chi connectivity index (χ4v) is 2.48. The summed E-state index contributed by atoms with van der Waals surface area (Å²) in [6.07, 6.45) is 3.24. The average molecular weight is 328 g/mol. The lowest BCUT2D eigenvalue weighted by molar-refractivity contribution is 0.414. The van der Waals surface area contributed by atoms with Gasteiger partial charge in [0, 0.05) is 31.9 Å². The Morgan fingerprint density at radius 3 is 2.79 bits per heavy atom. The van der Waals surface area contributed by atoms with Gasteiger partial charge in [-0.3, -0.25) is 0 Å². The summed E-state index contributed by atoms with van der Waals surface area (Å²) in [5, 5.41) is 3.33. The summed E-state index contributed by atoms with van der Waals surface area (Å²) in [4.78, 5) is 11.3. The van der Waals surface area contributed by atoms with E-state index in [1.165, 1.54) is 12.0 Å². The van der Waals surface area contributed by atoms with Gasteiger partial charge in [-0.2, -0.15) is 4.98 Å². The van der Waals surface area contributed by atoms with Gasteiger partial charge in [0.1, 0.15) is 11.6 Å². The van der Waals surface area contributed by atoms with Crippen LogP contribution < -0.4 is 15.0 Å². The first-order valence-corrected chi connectivity index (χ1v) is 8.56. The second kappa shape index (κ2) is 9.11. The van der Waals surface area contributed by atoms with E-state index in [1.54, 1.807) is 7.11 Å². The number of rotatable bonds is 9. The van der Waals surface area contributed by atoms with E-state index in [-0.39, 0.29) is 0 Å². The Kier molecular flexibility index (Phi) is 6.85. The third-order valence-corrected chi connectivity index (χ3v) is 3.91. The number of methoxy groups -OCH3 is 1. The minimum atomic E-state index is 0.691. The van der Waals surface area contributed by atoms with Crippen molar-refractivity contribution in [1.29, 1.82) is 0 Å². The first-order valence-electron chi connectivity index (χ1n) is 8.56. The van der Waals surface area contributed by atoms with Crippen LogP contribution in [0.2, 0.25) is 0 Å². The summed E-state index contributed by atoms with van der Waals surface area (Å²) in [7, 11) is 3.77. The van der Waals surface area contributed by atoms with Crippen LogP contribution >= 0.6 is 0 Å².